The maximum atomic E-state index is 12.1. The topological polar surface area (TPSA) is 89.3 Å². The van der Waals surface area contributed by atoms with Gasteiger partial charge in [-0.05, 0) is 12.5 Å². The van der Waals surface area contributed by atoms with Crippen LogP contribution in [0.25, 0.3) is 0 Å². The first kappa shape index (κ1) is 15.7. The number of carbonyl (C=O) groups excluding carboxylic acids is 1. The van der Waals surface area contributed by atoms with Gasteiger partial charge < -0.3 is 11.1 Å². The molecule has 0 saturated heterocycles. The third-order valence-corrected chi connectivity index (χ3v) is 5.01. The minimum atomic E-state index is -3.33. The number of nitrogens with one attached hydrogen (secondary N) is 1. The van der Waals surface area contributed by atoms with Crippen molar-refractivity contribution in [2.75, 3.05) is 18.8 Å². The zero-order valence-corrected chi connectivity index (χ0v) is 11.8. The predicted octanol–water partition coefficient (Wildman–Crippen LogP) is 0.627. The molecule has 1 aromatic rings. The van der Waals surface area contributed by atoms with E-state index < -0.39 is 15.1 Å². The first-order chi connectivity index (χ1) is 8.97. The van der Waals surface area contributed by atoms with Crippen LogP contribution in [0.1, 0.15) is 24.2 Å². The van der Waals surface area contributed by atoms with E-state index in [1.54, 1.807) is 31.2 Å². The van der Waals surface area contributed by atoms with Crippen LogP contribution in [0.15, 0.2) is 30.3 Å². The highest BCUT2D eigenvalue weighted by Crippen LogP contribution is 2.22. The summed E-state index contributed by atoms with van der Waals surface area (Å²) in [6.07, 6.45) is -0.0283. The Kier molecular flexibility index (Phi) is 5.98. The minimum Gasteiger partial charge on any atom is -0.355 e. The van der Waals surface area contributed by atoms with E-state index >= 15 is 0 Å². The van der Waals surface area contributed by atoms with Crippen molar-refractivity contribution in [3.8, 4) is 0 Å². The molecule has 1 aromatic carbocycles. The summed E-state index contributed by atoms with van der Waals surface area (Å²) in [4.78, 5) is 11.4. The molecule has 0 heterocycles. The molecule has 106 valence electrons. The van der Waals surface area contributed by atoms with Crippen molar-refractivity contribution in [1.82, 2.24) is 5.32 Å². The molecule has 0 aliphatic rings. The molecule has 1 atom stereocenters. The zero-order valence-electron chi connectivity index (χ0n) is 11.0. The van der Waals surface area contributed by atoms with Gasteiger partial charge in [-0.15, -0.1) is 0 Å². The lowest BCUT2D eigenvalue weighted by atomic mass is 10.2. The SMILES string of the molecule is CC(c1ccccc1)S(=O)(=O)CCC(=O)NCCN. The molecule has 0 spiro atoms. The van der Waals surface area contributed by atoms with Gasteiger partial charge in [-0.25, -0.2) is 8.42 Å². The average molecular weight is 284 g/mol. The van der Waals surface area contributed by atoms with Crippen LogP contribution in [-0.4, -0.2) is 33.2 Å². The molecular formula is C13H20N2O3S. The Labute approximate surface area is 114 Å². The second-order valence-corrected chi connectivity index (χ2v) is 6.75. The van der Waals surface area contributed by atoms with Crippen LogP contribution >= 0.6 is 0 Å². The fourth-order valence-electron chi connectivity index (χ4n) is 1.64. The number of sulfone groups is 1. The van der Waals surface area contributed by atoms with Crippen molar-refractivity contribution in [3.63, 3.8) is 0 Å². The van der Waals surface area contributed by atoms with Gasteiger partial charge in [0, 0.05) is 19.5 Å². The highest BCUT2D eigenvalue weighted by molar-refractivity contribution is 7.91. The molecular weight excluding hydrogens is 264 g/mol. The fourth-order valence-corrected chi connectivity index (χ4v) is 3.04. The van der Waals surface area contributed by atoms with Gasteiger partial charge in [0.05, 0.1) is 11.0 Å². The monoisotopic (exact) mass is 284 g/mol. The third kappa shape index (κ3) is 5.00. The molecule has 1 unspecified atom stereocenters. The number of rotatable bonds is 7. The van der Waals surface area contributed by atoms with Crippen LogP contribution in [0.4, 0.5) is 0 Å². The van der Waals surface area contributed by atoms with Crippen molar-refractivity contribution >= 4 is 15.7 Å². The lowest BCUT2D eigenvalue weighted by Crippen LogP contribution is -2.30. The normalized spacial score (nSPS) is 12.9. The van der Waals surface area contributed by atoms with Crippen molar-refractivity contribution in [3.05, 3.63) is 35.9 Å². The highest BCUT2D eigenvalue weighted by Gasteiger charge is 2.23. The molecule has 1 amide bonds. The van der Waals surface area contributed by atoms with Gasteiger partial charge >= 0.3 is 0 Å². The first-order valence-electron chi connectivity index (χ1n) is 6.20. The molecule has 0 bridgehead atoms. The van der Waals surface area contributed by atoms with E-state index in [4.69, 9.17) is 5.73 Å². The number of amides is 1. The molecule has 0 fully saturated rings. The Balaban J connectivity index is 2.59. The van der Waals surface area contributed by atoms with E-state index in [0.717, 1.165) is 5.56 Å². The molecule has 5 nitrogen and oxygen atoms in total. The van der Waals surface area contributed by atoms with Crippen molar-refractivity contribution < 1.29 is 13.2 Å². The summed E-state index contributed by atoms with van der Waals surface area (Å²) in [7, 11) is -3.33. The van der Waals surface area contributed by atoms with Gasteiger partial charge in [0.2, 0.25) is 5.91 Å². The Morgan fingerprint density at radius 3 is 2.53 bits per heavy atom. The van der Waals surface area contributed by atoms with Crippen molar-refractivity contribution in [2.24, 2.45) is 5.73 Å². The number of hydrogen-bond acceptors (Lipinski definition) is 4. The maximum absolute atomic E-state index is 12.1. The summed E-state index contributed by atoms with van der Waals surface area (Å²) in [5.74, 6) is -0.436. The highest BCUT2D eigenvalue weighted by atomic mass is 32.2. The molecule has 0 radical (unpaired) electrons. The molecule has 6 heteroatoms. The Bertz CT molecular complexity index is 500. The summed E-state index contributed by atoms with van der Waals surface area (Å²) in [6, 6.07) is 8.99. The molecule has 0 aliphatic carbocycles. The van der Waals surface area contributed by atoms with Crippen LogP contribution in [0.2, 0.25) is 0 Å². The second kappa shape index (κ2) is 7.25. The summed E-state index contributed by atoms with van der Waals surface area (Å²) in [5.41, 5.74) is 5.99. The number of hydrogen-bond donors (Lipinski definition) is 2. The quantitative estimate of drug-likeness (QED) is 0.768. The van der Waals surface area contributed by atoms with E-state index in [2.05, 4.69) is 5.32 Å². The van der Waals surface area contributed by atoms with E-state index in [1.165, 1.54) is 0 Å². The summed E-state index contributed by atoms with van der Waals surface area (Å²) in [5, 5.41) is 1.95. The molecule has 3 N–H and O–H groups in total. The van der Waals surface area contributed by atoms with Gasteiger partial charge in [-0.2, -0.15) is 0 Å². The molecule has 0 saturated carbocycles. The molecule has 1 rings (SSSR count). The molecule has 0 aromatic heterocycles. The standard InChI is InChI=1S/C13H20N2O3S/c1-11(12-5-3-2-4-6-12)19(17,18)10-7-13(16)15-9-8-14/h2-6,11H,7-10,14H2,1H3,(H,15,16). The second-order valence-electron chi connectivity index (χ2n) is 4.31. The lowest BCUT2D eigenvalue weighted by molar-refractivity contribution is -0.120. The van der Waals surface area contributed by atoms with Crippen LogP contribution in [0.5, 0.6) is 0 Å². The zero-order chi connectivity index (χ0) is 14.3. The number of carbonyl (C=O) groups is 1. The Morgan fingerprint density at radius 1 is 1.32 bits per heavy atom. The summed E-state index contributed by atoms with van der Waals surface area (Å²) < 4.78 is 24.2. The minimum absolute atomic E-state index is 0.0283. The average Bonchev–Trinajstić information content (AvgIpc) is 2.43. The smallest absolute Gasteiger partial charge is 0.221 e. The predicted molar refractivity (Wildman–Crippen MR) is 75.3 cm³/mol. The molecule has 19 heavy (non-hydrogen) atoms. The third-order valence-electron chi connectivity index (χ3n) is 2.89. The van der Waals surface area contributed by atoms with Gasteiger partial charge in [-0.1, -0.05) is 30.3 Å². The van der Waals surface area contributed by atoms with Crippen molar-refractivity contribution in [1.29, 1.82) is 0 Å². The van der Waals surface area contributed by atoms with Crippen molar-refractivity contribution in [2.45, 2.75) is 18.6 Å². The fraction of sp³-hybridized carbons (Fsp3) is 0.462. The van der Waals surface area contributed by atoms with Gasteiger partial charge in [0.1, 0.15) is 0 Å². The van der Waals surface area contributed by atoms with E-state index in [-0.39, 0.29) is 18.1 Å². The van der Waals surface area contributed by atoms with E-state index in [0.29, 0.717) is 13.1 Å². The van der Waals surface area contributed by atoms with Gasteiger partial charge in [-0.3, -0.25) is 4.79 Å². The summed E-state index contributed by atoms with van der Waals surface area (Å²) in [6.45, 7) is 2.36. The van der Waals surface area contributed by atoms with Crippen LogP contribution in [-0.2, 0) is 14.6 Å². The number of benzene rings is 1. The van der Waals surface area contributed by atoms with Crippen LogP contribution in [0, 0.1) is 0 Å². The Hall–Kier alpha value is -1.40. The van der Waals surface area contributed by atoms with E-state index in [9.17, 15) is 13.2 Å². The van der Waals surface area contributed by atoms with Gasteiger partial charge in [0.15, 0.2) is 9.84 Å². The van der Waals surface area contributed by atoms with Crippen LogP contribution < -0.4 is 11.1 Å². The Morgan fingerprint density at radius 2 is 1.95 bits per heavy atom. The largest absolute Gasteiger partial charge is 0.355 e. The van der Waals surface area contributed by atoms with Crippen LogP contribution in [0.3, 0.4) is 0 Å². The lowest BCUT2D eigenvalue weighted by Gasteiger charge is -2.13. The van der Waals surface area contributed by atoms with E-state index in [1.807, 2.05) is 6.07 Å². The van der Waals surface area contributed by atoms with Gasteiger partial charge in [0.25, 0.3) is 0 Å². The maximum Gasteiger partial charge on any atom is 0.221 e. The first-order valence-corrected chi connectivity index (χ1v) is 7.92. The summed E-state index contributed by atoms with van der Waals surface area (Å²) >= 11 is 0. The molecule has 0 aliphatic heterocycles. The number of nitrogens with two attached hydrogens (primary N) is 1.